The van der Waals surface area contributed by atoms with Gasteiger partial charge >= 0.3 is 6.16 Å². The largest absolute Gasteiger partial charge is 0.508 e. The molecule has 11 heavy (non-hydrogen) atoms. The fraction of sp³-hybridized carbons (Fsp3) is 0.857. The lowest BCUT2D eigenvalue weighted by Crippen LogP contribution is -2.54. The first kappa shape index (κ1) is 6.91. The Bertz CT molecular complexity index is 174. The van der Waals surface area contributed by atoms with E-state index in [0.29, 0.717) is 13.2 Å². The van der Waals surface area contributed by atoms with Crippen LogP contribution < -0.4 is 5.73 Å². The summed E-state index contributed by atoms with van der Waals surface area (Å²) in [6.07, 6.45) is 1.29. The number of carbonyl (C=O) groups is 1. The highest BCUT2D eigenvalue weighted by atomic mass is 16.7. The van der Waals surface area contributed by atoms with Gasteiger partial charge in [0.25, 0.3) is 0 Å². The first-order valence-corrected chi connectivity index (χ1v) is 3.75. The highest BCUT2D eigenvalue weighted by molar-refractivity contribution is 5.60. The van der Waals surface area contributed by atoms with Crippen LogP contribution >= 0.6 is 0 Å². The zero-order valence-electron chi connectivity index (χ0n) is 6.21. The second kappa shape index (κ2) is 2.11. The summed E-state index contributed by atoms with van der Waals surface area (Å²) in [7, 11) is 0. The van der Waals surface area contributed by atoms with Crippen LogP contribution in [0.1, 0.15) is 12.8 Å². The van der Waals surface area contributed by atoms with Crippen LogP contribution in [-0.4, -0.2) is 25.4 Å². The van der Waals surface area contributed by atoms with Gasteiger partial charge in [0, 0.05) is 11.5 Å². The zero-order chi connectivity index (χ0) is 7.90. The quantitative estimate of drug-likeness (QED) is 0.512. The fourth-order valence-corrected chi connectivity index (χ4v) is 1.80. The van der Waals surface area contributed by atoms with Gasteiger partial charge in [0.1, 0.15) is 13.2 Å². The van der Waals surface area contributed by atoms with Gasteiger partial charge in [-0.15, -0.1) is 0 Å². The first-order chi connectivity index (χ1) is 5.20. The Morgan fingerprint density at radius 2 is 1.91 bits per heavy atom. The fourth-order valence-electron chi connectivity index (χ4n) is 1.80. The van der Waals surface area contributed by atoms with Crippen molar-refractivity contribution in [2.24, 2.45) is 11.1 Å². The molecular weight excluding hydrogens is 146 g/mol. The molecule has 0 aromatic rings. The molecule has 0 aromatic carbocycles. The van der Waals surface area contributed by atoms with E-state index in [2.05, 4.69) is 0 Å². The van der Waals surface area contributed by atoms with Crippen LogP contribution in [0.15, 0.2) is 0 Å². The van der Waals surface area contributed by atoms with Crippen LogP contribution in [0.5, 0.6) is 0 Å². The van der Waals surface area contributed by atoms with E-state index >= 15 is 0 Å². The number of hydrogen-bond donors (Lipinski definition) is 1. The monoisotopic (exact) mass is 157 g/mol. The summed E-state index contributed by atoms with van der Waals surface area (Å²) in [5.74, 6) is 0. The van der Waals surface area contributed by atoms with Crippen LogP contribution in [0.2, 0.25) is 0 Å². The lowest BCUT2D eigenvalue weighted by atomic mass is 9.66. The minimum Gasteiger partial charge on any atom is -0.434 e. The van der Waals surface area contributed by atoms with Crippen molar-refractivity contribution in [2.45, 2.75) is 18.9 Å². The molecule has 1 saturated carbocycles. The number of ether oxygens (including phenoxy) is 2. The zero-order valence-corrected chi connectivity index (χ0v) is 6.21. The predicted molar refractivity (Wildman–Crippen MR) is 36.9 cm³/mol. The molecule has 0 radical (unpaired) electrons. The summed E-state index contributed by atoms with van der Waals surface area (Å²) in [6, 6.07) is 0.274. The molecule has 4 heteroatoms. The lowest BCUT2D eigenvalue weighted by molar-refractivity contribution is -0.100. The molecule has 2 N–H and O–H groups in total. The summed E-state index contributed by atoms with van der Waals surface area (Å²) >= 11 is 0. The van der Waals surface area contributed by atoms with Crippen LogP contribution in [0.3, 0.4) is 0 Å². The summed E-state index contributed by atoms with van der Waals surface area (Å²) in [5.41, 5.74) is 5.69. The van der Waals surface area contributed by atoms with Crippen molar-refractivity contribution in [3.63, 3.8) is 0 Å². The smallest absolute Gasteiger partial charge is 0.434 e. The molecule has 1 aliphatic carbocycles. The molecular formula is C7H11NO3. The average Bonchev–Trinajstić information content (AvgIpc) is 1.92. The second-order valence-corrected chi connectivity index (χ2v) is 3.50. The van der Waals surface area contributed by atoms with Crippen molar-refractivity contribution in [1.29, 1.82) is 0 Å². The van der Waals surface area contributed by atoms with Crippen molar-refractivity contribution < 1.29 is 14.3 Å². The molecule has 0 aromatic heterocycles. The van der Waals surface area contributed by atoms with Gasteiger partial charge in [0.2, 0.25) is 0 Å². The molecule has 62 valence electrons. The summed E-state index contributed by atoms with van der Waals surface area (Å²) in [6.45, 7) is 0.971. The molecule has 0 amide bonds. The van der Waals surface area contributed by atoms with E-state index in [-0.39, 0.29) is 11.5 Å². The Morgan fingerprint density at radius 3 is 2.36 bits per heavy atom. The predicted octanol–water partition coefficient (Wildman–Crippen LogP) is 0.261. The highest BCUT2D eigenvalue weighted by Crippen LogP contribution is 2.42. The van der Waals surface area contributed by atoms with E-state index in [1.807, 2.05) is 0 Å². The maximum atomic E-state index is 10.5. The van der Waals surface area contributed by atoms with Gasteiger partial charge in [-0.1, -0.05) is 0 Å². The first-order valence-electron chi connectivity index (χ1n) is 3.75. The Hall–Kier alpha value is -0.770. The Morgan fingerprint density at radius 1 is 1.36 bits per heavy atom. The van der Waals surface area contributed by atoms with Gasteiger partial charge in [0.05, 0.1) is 0 Å². The van der Waals surface area contributed by atoms with Crippen molar-refractivity contribution in [3.05, 3.63) is 0 Å². The van der Waals surface area contributed by atoms with Gasteiger partial charge in [-0.2, -0.15) is 0 Å². The van der Waals surface area contributed by atoms with E-state index in [4.69, 9.17) is 15.2 Å². The third-order valence-electron chi connectivity index (χ3n) is 2.38. The summed E-state index contributed by atoms with van der Waals surface area (Å²) < 4.78 is 9.53. The van der Waals surface area contributed by atoms with E-state index in [9.17, 15) is 4.79 Å². The molecule has 1 spiro atoms. The van der Waals surface area contributed by atoms with E-state index < -0.39 is 6.16 Å². The van der Waals surface area contributed by atoms with Crippen LogP contribution in [0.25, 0.3) is 0 Å². The van der Waals surface area contributed by atoms with Gasteiger partial charge in [-0.25, -0.2) is 4.79 Å². The molecule has 1 heterocycles. The third kappa shape index (κ3) is 1.07. The molecule has 0 unspecified atom stereocenters. The Balaban J connectivity index is 1.93. The molecule has 4 nitrogen and oxygen atoms in total. The van der Waals surface area contributed by atoms with Gasteiger partial charge in [-0.3, -0.25) is 0 Å². The van der Waals surface area contributed by atoms with Gasteiger partial charge < -0.3 is 15.2 Å². The molecule has 2 rings (SSSR count). The molecule has 1 aliphatic heterocycles. The second-order valence-electron chi connectivity index (χ2n) is 3.50. The molecule has 2 aliphatic rings. The van der Waals surface area contributed by atoms with E-state index in [1.165, 1.54) is 0 Å². The minimum atomic E-state index is -0.545. The molecule has 0 atom stereocenters. The maximum absolute atomic E-state index is 10.5. The number of nitrogens with two attached hydrogens (primary N) is 1. The third-order valence-corrected chi connectivity index (χ3v) is 2.38. The SMILES string of the molecule is NC1CC2(COC(=O)OC2)C1. The number of cyclic esters (lactones) is 2. The lowest BCUT2D eigenvalue weighted by Gasteiger charge is -2.46. The van der Waals surface area contributed by atoms with Gasteiger partial charge in [-0.05, 0) is 12.8 Å². The summed E-state index contributed by atoms with van der Waals surface area (Å²) in [4.78, 5) is 10.5. The van der Waals surface area contributed by atoms with Crippen LogP contribution in [0.4, 0.5) is 4.79 Å². The summed E-state index contributed by atoms with van der Waals surface area (Å²) in [5, 5.41) is 0. The van der Waals surface area contributed by atoms with Crippen LogP contribution in [-0.2, 0) is 9.47 Å². The van der Waals surface area contributed by atoms with Crippen LogP contribution in [0, 0.1) is 5.41 Å². The standard InChI is InChI=1S/C7H11NO3/c8-5-1-7(2-5)3-10-6(9)11-4-7/h5H,1-4,8H2. The number of carbonyl (C=O) groups excluding carboxylic acids is 1. The average molecular weight is 157 g/mol. The van der Waals surface area contributed by atoms with E-state index in [1.54, 1.807) is 0 Å². The molecule has 1 saturated heterocycles. The maximum Gasteiger partial charge on any atom is 0.508 e. The Kier molecular flexibility index (Phi) is 1.32. The normalized spacial score (nSPS) is 29.0. The van der Waals surface area contributed by atoms with E-state index in [0.717, 1.165) is 12.8 Å². The number of hydrogen-bond acceptors (Lipinski definition) is 4. The Labute approximate surface area is 64.6 Å². The van der Waals surface area contributed by atoms with Crippen molar-refractivity contribution >= 4 is 6.16 Å². The van der Waals surface area contributed by atoms with Crippen molar-refractivity contribution in [1.82, 2.24) is 0 Å². The van der Waals surface area contributed by atoms with Crippen molar-refractivity contribution in [3.8, 4) is 0 Å². The molecule has 0 bridgehead atoms. The highest BCUT2D eigenvalue weighted by Gasteiger charge is 2.47. The number of rotatable bonds is 0. The molecule has 2 fully saturated rings. The van der Waals surface area contributed by atoms with Gasteiger partial charge in [0.15, 0.2) is 0 Å². The van der Waals surface area contributed by atoms with Crippen molar-refractivity contribution in [2.75, 3.05) is 13.2 Å². The topological polar surface area (TPSA) is 61.5 Å². The minimum absolute atomic E-state index is 0.0628.